The van der Waals surface area contributed by atoms with Gasteiger partial charge in [0.05, 0.1) is 0 Å². The molecule has 1 rings (SSSR count). The van der Waals surface area contributed by atoms with Crippen molar-refractivity contribution in [2.24, 2.45) is 0 Å². The second-order valence-corrected chi connectivity index (χ2v) is 5.62. The largest absolute Gasteiger partial charge is 0.476 e. The zero-order valence-electron chi connectivity index (χ0n) is 9.90. The van der Waals surface area contributed by atoms with Gasteiger partial charge in [0.15, 0.2) is 22.8 Å². The molecule has 16 heavy (non-hydrogen) atoms. The molecule has 0 bridgehead atoms. The molecule has 0 aliphatic carbocycles. The summed E-state index contributed by atoms with van der Waals surface area (Å²) >= 11 is 0. The van der Waals surface area contributed by atoms with Crippen molar-refractivity contribution in [2.75, 3.05) is 7.11 Å². The Hall–Kier alpha value is -0.550. The molecule has 1 heterocycles. The van der Waals surface area contributed by atoms with Crippen molar-refractivity contribution < 1.29 is 27.7 Å². The van der Waals surface area contributed by atoms with Crippen LogP contribution in [0.25, 0.3) is 0 Å². The van der Waals surface area contributed by atoms with Crippen LogP contribution in [0.1, 0.15) is 27.7 Å². The van der Waals surface area contributed by atoms with Gasteiger partial charge in [-0.25, -0.2) is 4.57 Å². The fraction of sp³-hybridized carbons (Fsp3) is 0.778. The molecule has 3 atom stereocenters. The molecule has 1 saturated heterocycles. The minimum atomic E-state index is -3.84. The number of carbonyl (C=O) groups is 2. The van der Waals surface area contributed by atoms with Crippen LogP contribution in [0.15, 0.2) is 0 Å². The highest BCUT2D eigenvalue weighted by atomic mass is 31.2. The lowest BCUT2D eigenvalue weighted by atomic mass is 9.80. The van der Waals surface area contributed by atoms with E-state index < -0.39 is 30.6 Å². The Morgan fingerprint density at radius 1 is 1.06 bits per heavy atom. The molecule has 0 spiro atoms. The third kappa shape index (κ3) is 1.66. The average molecular weight is 250 g/mol. The van der Waals surface area contributed by atoms with E-state index in [1.54, 1.807) is 0 Å². The molecule has 6 nitrogen and oxygen atoms in total. The molecular weight excluding hydrogens is 235 g/mol. The molecule has 0 amide bonds. The number of rotatable bonds is 3. The lowest BCUT2D eigenvalue weighted by Crippen LogP contribution is -2.56. The molecular formula is C9H15O6P. The SMILES string of the molecule is COP1(=O)O[C@@](C)(C(C)=O)[C@@](C)(C(C)=O)O1. The molecule has 92 valence electrons. The van der Waals surface area contributed by atoms with Crippen LogP contribution < -0.4 is 0 Å². The van der Waals surface area contributed by atoms with Crippen molar-refractivity contribution in [1.82, 2.24) is 0 Å². The van der Waals surface area contributed by atoms with E-state index in [2.05, 4.69) is 4.52 Å². The first-order chi connectivity index (χ1) is 7.11. The summed E-state index contributed by atoms with van der Waals surface area (Å²) in [7, 11) is -2.71. The summed E-state index contributed by atoms with van der Waals surface area (Å²) in [6, 6.07) is 0. The fourth-order valence-corrected chi connectivity index (χ4v) is 3.20. The Morgan fingerprint density at radius 3 is 1.56 bits per heavy atom. The number of phosphoric ester groups is 1. The Morgan fingerprint density at radius 2 is 1.38 bits per heavy atom. The van der Waals surface area contributed by atoms with Gasteiger partial charge in [-0.2, -0.15) is 0 Å². The second kappa shape index (κ2) is 3.74. The summed E-state index contributed by atoms with van der Waals surface area (Å²) < 4.78 is 26.6. The standard InChI is InChI=1S/C9H15O6P/c1-6(10)8(3)9(4,7(2)11)15-16(12,13-5)14-8/h1-5H3/t8-,9+,16?. The van der Waals surface area contributed by atoms with Crippen LogP contribution in [-0.2, 0) is 27.7 Å². The molecule has 0 aromatic carbocycles. The van der Waals surface area contributed by atoms with Crippen molar-refractivity contribution in [3.63, 3.8) is 0 Å². The molecule has 1 fully saturated rings. The minimum Gasteiger partial charge on any atom is -0.297 e. The molecule has 0 aromatic rings. The highest BCUT2D eigenvalue weighted by Crippen LogP contribution is 2.64. The van der Waals surface area contributed by atoms with Crippen molar-refractivity contribution in [2.45, 2.75) is 38.9 Å². The van der Waals surface area contributed by atoms with E-state index in [0.29, 0.717) is 0 Å². The maximum absolute atomic E-state index is 11.9. The maximum Gasteiger partial charge on any atom is 0.476 e. The van der Waals surface area contributed by atoms with Crippen molar-refractivity contribution in [1.29, 1.82) is 0 Å². The Kier molecular flexibility index (Phi) is 3.16. The van der Waals surface area contributed by atoms with Crippen molar-refractivity contribution in [3.8, 4) is 0 Å². The predicted molar refractivity (Wildman–Crippen MR) is 55.0 cm³/mol. The van der Waals surface area contributed by atoms with E-state index in [4.69, 9.17) is 9.05 Å². The second-order valence-electron chi connectivity index (χ2n) is 3.99. The first-order valence-electron chi connectivity index (χ1n) is 4.71. The molecule has 1 aliphatic heterocycles. The summed E-state index contributed by atoms with van der Waals surface area (Å²) in [6.45, 7) is 5.23. The van der Waals surface area contributed by atoms with E-state index >= 15 is 0 Å². The topological polar surface area (TPSA) is 78.9 Å². The van der Waals surface area contributed by atoms with E-state index in [0.717, 1.165) is 7.11 Å². The fourth-order valence-electron chi connectivity index (χ4n) is 1.51. The number of phosphoric acid groups is 1. The van der Waals surface area contributed by atoms with Crippen LogP contribution in [-0.4, -0.2) is 29.9 Å². The third-order valence-electron chi connectivity index (χ3n) is 3.07. The molecule has 7 heteroatoms. The number of ketones is 2. The van der Waals surface area contributed by atoms with Crippen LogP contribution in [0.5, 0.6) is 0 Å². The van der Waals surface area contributed by atoms with Gasteiger partial charge in [-0.15, -0.1) is 0 Å². The van der Waals surface area contributed by atoms with E-state index in [1.807, 2.05) is 0 Å². The van der Waals surface area contributed by atoms with Gasteiger partial charge >= 0.3 is 7.82 Å². The zero-order chi connectivity index (χ0) is 12.8. The van der Waals surface area contributed by atoms with E-state index in [1.165, 1.54) is 27.7 Å². The smallest absolute Gasteiger partial charge is 0.297 e. The van der Waals surface area contributed by atoms with Crippen LogP contribution in [0.2, 0.25) is 0 Å². The van der Waals surface area contributed by atoms with Crippen molar-refractivity contribution in [3.05, 3.63) is 0 Å². The first-order valence-corrected chi connectivity index (χ1v) is 6.17. The lowest BCUT2D eigenvalue weighted by Gasteiger charge is -2.31. The number of hydrogen-bond donors (Lipinski definition) is 0. The Labute approximate surface area is 93.9 Å². The summed E-state index contributed by atoms with van der Waals surface area (Å²) in [5.74, 6) is -0.889. The highest BCUT2D eigenvalue weighted by Gasteiger charge is 2.66. The first kappa shape index (κ1) is 13.5. The lowest BCUT2D eigenvalue weighted by molar-refractivity contribution is -0.150. The van der Waals surface area contributed by atoms with Gasteiger partial charge in [-0.05, 0) is 27.7 Å². The number of carbonyl (C=O) groups excluding carboxylic acids is 2. The molecule has 1 unspecified atom stereocenters. The summed E-state index contributed by atoms with van der Waals surface area (Å²) in [6.07, 6.45) is 0. The normalized spacial score (nSPS) is 43.3. The van der Waals surface area contributed by atoms with Crippen LogP contribution in [0.4, 0.5) is 0 Å². The van der Waals surface area contributed by atoms with E-state index in [-0.39, 0.29) is 0 Å². The highest BCUT2D eigenvalue weighted by molar-refractivity contribution is 7.49. The maximum atomic E-state index is 11.9. The third-order valence-corrected chi connectivity index (χ3v) is 4.69. The molecule has 0 aromatic heterocycles. The van der Waals surface area contributed by atoms with Crippen LogP contribution in [0, 0.1) is 0 Å². The summed E-state index contributed by atoms with van der Waals surface area (Å²) in [5.41, 5.74) is -3.19. The quantitative estimate of drug-likeness (QED) is 0.706. The van der Waals surface area contributed by atoms with Gasteiger partial charge in [0.2, 0.25) is 0 Å². The van der Waals surface area contributed by atoms with Gasteiger partial charge in [-0.1, -0.05) is 0 Å². The van der Waals surface area contributed by atoms with Gasteiger partial charge in [0.25, 0.3) is 0 Å². The minimum absolute atomic E-state index is 0.444. The molecule has 0 saturated carbocycles. The molecule has 0 radical (unpaired) electrons. The summed E-state index contributed by atoms with van der Waals surface area (Å²) in [4.78, 5) is 23.1. The van der Waals surface area contributed by atoms with Gasteiger partial charge < -0.3 is 0 Å². The van der Waals surface area contributed by atoms with Crippen molar-refractivity contribution >= 4 is 19.4 Å². The van der Waals surface area contributed by atoms with Gasteiger partial charge in [-0.3, -0.25) is 23.2 Å². The average Bonchev–Trinajstić information content (AvgIpc) is 2.38. The van der Waals surface area contributed by atoms with Gasteiger partial charge in [0, 0.05) is 7.11 Å². The zero-order valence-corrected chi connectivity index (χ0v) is 10.8. The predicted octanol–water partition coefficient (Wildman–Crippen LogP) is 1.48. The molecule has 1 aliphatic rings. The van der Waals surface area contributed by atoms with Crippen LogP contribution >= 0.6 is 7.82 Å². The van der Waals surface area contributed by atoms with Crippen LogP contribution in [0.3, 0.4) is 0 Å². The Bertz CT molecular complexity index is 359. The number of hydrogen-bond acceptors (Lipinski definition) is 6. The van der Waals surface area contributed by atoms with Gasteiger partial charge in [0.1, 0.15) is 0 Å². The number of Topliss-reactive ketones (excluding diaryl/α,β-unsaturated/α-hetero) is 2. The summed E-state index contributed by atoms with van der Waals surface area (Å²) in [5, 5.41) is 0. The molecule has 0 N–H and O–H groups in total. The monoisotopic (exact) mass is 250 g/mol. The Balaban J connectivity index is 3.32. The van der Waals surface area contributed by atoms with E-state index in [9.17, 15) is 14.2 Å².